The van der Waals surface area contributed by atoms with Gasteiger partial charge in [0.1, 0.15) is 17.3 Å². The number of esters is 1. The van der Waals surface area contributed by atoms with Crippen molar-refractivity contribution in [2.45, 2.75) is 55.3 Å². The Morgan fingerprint density at radius 3 is 2.37 bits per heavy atom. The van der Waals surface area contributed by atoms with Crippen molar-refractivity contribution in [1.82, 2.24) is 0 Å². The number of carbonyl (C=O) groups is 1. The van der Waals surface area contributed by atoms with Gasteiger partial charge < -0.3 is 4.74 Å². The van der Waals surface area contributed by atoms with E-state index in [0.717, 1.165) is 5.56 Å². The van der Waals surface area contributed by atoms with E-state index in [1.54, 1.807) is 30.3 Å². The van der Waals surface area contributed by atoms with E-state index in [-0.39, 0.29) is 22.5 Å². The monoisotopic (exact) mass is 430 g/mol. The Morgan fingerprint density at radius 2 is 1.73 bits per heavy atom. The average Bonchev–Trinajstić information content (AvgIpc) is 2.73. The van der Waals surface area contributed by atoms with Crippen molar-refractivity contribution in [3.63, 3.8) is 0 Å². The van der Waals surface area contributed by atoms with Crippen LogP contribution in [0, 0.1) is 5.92 Å². The zero-order chi connectivity index (χ0) is 21.4. The molecule has 2 fully saturated rings. The Bertz CT molecular complexity index is 1010. The number of carbonyl (C=O) groups excluding carboxylic acids is 1. The van der Waals surface area contributed by atoms with Gasteiger partial charge in [0.2, 0.25) is 0 Å². The Kier molecular flexibility index (Phi) is 5.46. The second-order valence-electron chi connectivity index (χ2n) is 8.37. The van der Waals surface area contributed by atoms with Crippen LogP contribution in [0.3, 0.4) is 0 Å². The molecule has 4 rings (SSSR count). The van der Waals surface area contributed by atoms with E-state index in [4.69, 9.17) is 14.5 Å². The first-order valence-electron chi connectivity index (χ1n) is 10.1. The van der Waals surface area contributed by atoms with Crippen molar-refractivity contribution in [3.05, 3.63) is 66.2 Å². The van der Waals surface area contributed by atoms with Crippen LogP contribution in [0.15, 0.2) is 65.6 Å². The highest BCUT2D eigenvalue weighted by atomic mass is 32.2. The lowest BCUT2D eigenvalue weighted by Crippen LogP contribution is -2.59. The zero-order valence-corrected chi connectivity index (χ0v) is 17.9. The third-order valence-corrected chi connectivity index (χ3v) is 8.09. The molecule has 0 aromatic heterocycles. The van der Waals surface area contributed by atoms with Gasteiger partial charge in [-0.1, -0.05) is 48.5 Å². The summed E-state index contributed by atoms with van der Waals surface area (Å²) in [5.41, 5.74) is -1.16. The van der Waals surface area contributed by atoms with Crippen LogP contribution >= 0.6 is 0 Å². The SMILES string of the molecule is CC(=O)OC1(C)CCC2CC1OO[C@@]2(CS(=O)(=O)c1ccccc1)c1ccccc1. The molecule has 0 spiro atoms. The molecule has 7 heteroatoms. The van der Waals surface area contributed by atoms with Crippen LogP contribution in [0.2, 0.25) is 0 Å². The van der Waals surface area contributed by atoms with Crippen molar-refractivity contribution in [3.8, 4) is 0 Å². The Labute approximate surface area is 177 Å². The van der Waals surface area contributed by atoms with Gasteiger partial charge in [0, 0.05) is 6.92 Å². The number of ether oxygens (including phenoxy) is 1. The fourth-order valence-corrected chi connectivity index (χ4v) is 6.45. The highest BCUT2D eigenvalue weighted by molar-refractivity contribution is 7.91. The third-order valence-electron chi connectivity index (χ3n) is 6.29. The summed E-state index contributed by atoms with van der Waals surface area (Å²) >= 11 is 0. The highest BCUT2D eigenvalue weighted by Crippen LogP contribution is 2.51. The van der Waals surface area contributed by atoms with Gasteiger partial charge in [-0.05, 0) is 49.8 Å². The summed E-state index contributed by atoms with van der Waals surface area (Å²) in [7, 11) is -3.64. The molecule has 4 atom stereocenters. The minimum Gasteiger partial charge on any atom is -0.457 e. The van der Waals surface area contributed by atoms with Crippen LogP contribution in [0.4, 0.5) is 0 Å². The van der Waals surface area contributed by atoms with Crippen molar-refractivity contribution >= 4 is 15.8 Å². The fourth-order valence-electron chi connectivity index (χ4n) is 4.69. The largest absolute Gasteiger partial charge is 0.457 e. The summed E-state index contributed by atoms with van der Waals surface area (Å²) in [6.45, 7) is 3.22. The van der Waals surface area contributed by atoms with Gasteiger partial charge in [-0.25, -0.2) is 18.2 Å². The van der Waals surface area contributed by atoms with E-state index in [0.29, 0.717) is 19.3 Å². The van der Waals surface area contributed by atoms with Gasteiger partial charge in [-0.3, -0.25) is 4.79 Å². The molecule has 0 N–H and O–H groups in total. The van der Waals surface area contributed by atoms with Crippen molar-refractivity contribution in [2.24, 2.45) is 5.92 Å². The zero-order valence-electron chi connectivity index (χ0n) is 17.1. The lowest BCUT2D eigenvalue weighted by atomic mass is 9.68. The molecule has 2 aliphatic rings. The van der Waals surface area contributed by atoms with Crippen LogP contribution in [0.1, 0.15) is 38.7 Å². The average molecular weight is 431 g/mol. The summed E-state index contributed by atoms with van der Waals surface area (Å²) < 4.78 is 32.2. The van der Waals surface area contributed by atoms with Gasteiger partial charge in [-0.2, -0.15) is 0 Å². The van der Waals surface area contributed by atoms with Crippen LogP contribution in [0.5, 0.6) is 0 Å². The van der Waals surface area contributed by atoms with Gasteiger partial charge >= 0.3 is 5.97 Å². The Hall–Kier alpha value is -2.22. The molecular formula is C23H26O6S. The van der Waals surface area contributed by atoms with Crippen LogP contribution in [0.25, 0.3) is 0 Å². The Morgan fingerprint density at radius 1 is 1.10 bits per heavy atom. The van der Waals surface area contributed by atoms with E-state index in [1.807, 2.05) is 37.3 Å². The van der Waals surface area contributed by atoms with E-state index in [2.05, 4.69) is 0 Å². The molecule has 6 nitrogen and oxygen atoms in total. The van der Waals surface area contributed by atoms with Crippen LogP contribution < -0.4 is 0 Å². The molecule has 2 bridgehead atoms. The van der Waals surface area contributed by atoms with Gasteiger partial charge in [0.15, 0.2) is 9.84 Å². The molecule has 1 heterocycles. The first-order chi connectivity index (χ1) is 14.3. The summed E-state index contributed by atoms with van der Waals surface area (Å²) in [5, 5.41) is 0. The minimum absolute atomic E-state index is 0.0965. The normalized spacial score (nSPS) is 31.1. The minimum atomic E-state index is -3.64. The number of hydrogen-bond acceptors (Lipinski definition) is 6. The maximum absolute atomic E-state index is 13.3. The maximum atomic E-state index is 13.3. The Balaban J connectivity index is 1.71. The molecule has 1 saturated carbocycles. The molecular weight excluding hydrogens is 404 g/mol. The van der Waals surface area contributed by atoms with Crippen molar-refractivity contribution in [1.29, 1.82) is 0 Å². The van der Waals surface area contributed by atoms with Crippen molar-refractivity contribution in [2.75, 3.05) is 5.75 Å². The predicted molar refractivity (Wildman–Crippen MR) is 110 cm³/mol. The number of sulfone groups is 1. The summed E-state index contributed by atoms with van der Waals surface area (Å²) in [6, 6.07) is 17.8. The predicted octanol–water partition coefficient (Wildman–Crippen LogP) is 3.81. The molecule has 1 aliphatic carbocycles. The standard InChI is InChI=1S/C23H26O6S/c1-17(24)27-22(2)14-13-19-15-21(22)28-29-23(19,18-9-5-3-6-10-18)16-30(25,26)20-11-7-4-8-12-20/h3-12,19,21H,13-16H2,1-2H3/t19?,21?,22?,23-/m0/s1. The topological polar surface area (TPSA) is 78.9 Å². The molecule has 0 amide bonds. The summed E-state index contributed by atoms with van der Waals surface area (Å²) in [6.07, 6.45) is 1.33. The first-order valence-corrected chi connectivity index (χ1v) is 11.8. The number of benzene rings is 2. The van der Waals surface area contributed by atoms with Gasteiger partial charge in [-0.15, -0.1) is 0 Å². The van der Waals surface area contributed by atoms with E-state index >= 15 is 0 Å². The quantitative estimate of drug-likeness (QED) is 0.530. The third kappa shape index (κ3) is 3.77. The fraction of sp³-hybridized carbons (Fsp3) is 0.435. The van der Waals surface area contributed by atoms with E-state index in [9.17, 15) is 13.2 Å². The lowest BCUT2D eigenvalue weighted by Gasteiger charge is -2.52. The molecule has 0 radical (unpaired) electrons. The second-order valence-corrected chi connectivity index (χ2v) is 10.4. The molecule has 3 unspecified atom stereocenters. The maximum Gasteiger partial charge on any atom is 0.303 e. The molecule has 1 saturated heterocycles. The first kappa shape index (κ1) is 21.0. The number of hydrogen-bond donors (Lipinski definition) is 0. The molecule has 30 heavy (non-hydrogen) atoms. The number of fused-ring (bicyclic) bond motifs is 2. The van der Waals surface area contributed by atoms with Crippen molar-refractivity contribution < 1.29 is 27.7 Å². The van der Waals surface area contributed by atoms with Crippen LogP contribution in [-0.2, 0) is 34.7 Å². The van der Waals surface area contributed by atoms with Gasteiger partial charge in [0.25, 0.3) is 0 Å². The smallest absolute Gasteiger partial charge is 0.303 e. The second kappa shape index (κ2) is 7.80. The number of rotatable bonds is 5. The lowest BCUT2D eigenvalue weighted by molar-refractivity contribution is -0.450. The highest BCUT2D eigenvalue weighted by Gasteiger charge is 2.58. The summed E-state index contributed by atoms with van der Waals surface area (Å²) in [5.74, 6) is -0.692. The molecule has 2 aromatic carbocycles. The van der Waals surface area contributed by atoms with E-state index < -0.39 is 27.1 Å². The summed E-state index contributed by atoms with van der Waals surface area (Å²) in [4.78, 5) is 23.6. The molecule has 1 aliphatic heterocycles. The van der Waals surface area contributed by atoms with Crippen LogP contribution in [-0.4, -0.2) is 31.8 Å². The molecule has 2 aromatic rings. The molecule has 160 valence electrons. The van der Waals surface area contributed by atoms with Gasteiger partial charge in [0.05, 0.1) is 10.6 Å². The van der Waals surface area contributed by atoms with E-state index in [1.165, 1.54) is 6.92 Å².